The summed E-state index contributed by atoms with van der Waals surface area (Å²) in [5.41, 5.74) is -0.818. The molecule has 1 aromatic carbocycles. The van der Waals surface area contributed by atoms with E-state index in [0.29, 0.717) is 5.56 Å². The molecule has 1 aromatic heterocycles. The van der Waals surface area contributed by atoms with Crippen LogP contribution in [0.2, 0.25) is 0 Å². The minimum atomic E-state index is -1.23. The lowest BCUT2D eigenvalue weighted by molar-refractivity contribution is -0.123. The molecule has 0 bridgehead atoms. The van der Waals surface area contributed by atoms with Crippen LogP contribution in [0.1, 0.15) is 30.9 Å². The van der Waals surface area contributed by atoms with Crippen LogP contribution in [0, 0.1) is 11.6 Å². The molecule has 2 aromatic rings. The largest absolute Gasteiger partial charge is 0.384 e. The summed E-state index contributed by atoms with van der Waals surface area (Å²) < 4.78 is 27.4. The van der Waals surface area contributed by atoms with Gasteiger partial charge in [-0.05, 0) is 48.4 Å². The van der Waals surface area contributed by atoms with Crippen LogP contribution in [0.5, 0.6) is 0 Å². The number of rotatable bonds is 5. The zero-order valence-corrected chi connectivity index (χ0v) is 13.1. The number of nitrogens with one attached hydrogen (secondary N) is 1. The SMILES string of the molecule is CC(C(=O)NCC(C)(O)c1ccsc1)c1c(F)cccc1F. The number of carbonyl (C=O) groups excluding carboxylic acids is 1. The first kappa shape index (κ1) is 16.6. The monoisotopic (exact) mass is 325 g/mol. The van der Waals surface area contributed by atoms with Crippen LogP contribution in [0.15, 0.2) is 35.0 Å². The van der Waals surface area contributed by atoms with Gasteiger partial charge in [-0.1, -0.05) is 6.07 Å². The molecule has 1 amide bonds. The Bertz CT molecular complexity index is 636. The average Bonchev–Trinajstić information content (AvgIpc) is 2.99. The van der Waals surface area contributed by atoms with Gasteiger partial charge in [0.15, 0.2) is 0 Å². The molecule has 2 atom stereocenters. The maximum absolute atomic E-state index is 13.7. The molecule has 22 heavy (non-hydrogen) atoms. The van der Waals surface area contributed by atoms with Crippen molar-refractivity contribution in [1.29, 1.82) is 0 Å². The van der Waals surface area contributed by atoms with E-state index in [4.69, 9.17) is 0 Å². The molecule has 2 N–H and O–H groups in total. The molecule has 0 aliphatic carbocycles. The summed E-state index contributed by atoms with van der Waals surface area (Å²) in [5, 5.41) is 16.5. The fraction of sp³-hybridized carbons (Fsp3) is 0.312. The van der Waals surface area contributed by atoms with Gasteiger partial charge in [0.2, 0.25) is 5.91 Å². The van der Waals surface area contributed by atoms with Crippen molar-refractivity contribution < 1.29 is 18.7 Å². The van der Waals surface area contributed by atoms with E-state index in [2.05, 4.69) is 5.32 Å². The van der Waals surface area contributed by atoms with E-state index in [1.54, 1.807) is 18.4 Å². The van der Waals surface area contributed by atoms with Crippen LogP contribution in [0.4, 0.5) is 8.78 Å². The standard InChI is InChI=1S/C16H17F2NO2S/c1-10(14-12(17)4-3-5-13(14)18)15(20)19-9-16(2,21)11-6-7-22-8-11/h3-8,10,21H,9H2,1-2H3,(H,19,20). The van der Waals surface area contributed by atoms with E-state index in [9.17, 15) is 18.7 Å². The van der Waals surface area contributed by atoms with Gasteiger partial charge in [-0.25, -0.2) is 8.78 Å². The van der Waals surface area contributed by atoms with Crippen LogP contribution in [-0.4, -0.2) is 17.6 Å². The summed E-state index contributed by atoms with van der Waals surface area (Å²) in [6, 6.07) is 5.24. The third-order valence-corrected chi connectivity index (χ3v) is 4.26. The molecule has 0 fully saturated rings. The van der Waals surface area contributed by atoms with E-state index >= 15 is 0 Å². The second-order valence-corrected chi connectivity index (χ2v) is 6.14. The smallest absolute Gasteiger partial charge is 0.227 e. The van der Waals surface area contributed by atoms with Crippen LogP contribution < -0.4 is 5.32 Å². The lowest BCUT2D eigenvalue weighted by atomic mass is 9.96. The maximum Gasteiger partial charge on any atom is 0.227 e. The van der Waals surface area contributed by atoms with Gasteiger partial charge in [-0.15, -0.1) is 0 Å². The van der Waals surface area contributed by atoms with Gasteiger partial charge in [0.25, 0.3) is 0 Å². The van der Waals surface area contributed by atoms with Crippen LogP contribution >= 0.6 is 11.3 Å². The lowest BCUT2D eigenvalue weighted by Crippen LogP contribution is -2.40. The number of halogens is 2. The fourth-order valence-corrected chi connectivity index (χ4v) is 2.92. The number of benzene rings is 1. The van der Waals surface area contributed by atoms with Crippen LogP contribution in [-0.2, 0) is 10.4 Å². The number of aliphatic hydroxyl groups is 1. The molecule has 0 aliphatic heterocycles. The van der Waals surface area contributed by atoms with Crippen molar-refractivity contribution in [1.82, 2.24) is 5.32 Å². The van der Waals surface area contributed by atoms with Crippen molar-refractivity contribution in [2.24, 2.45) is 0 Å². The van der Waals surface area contributed by atoms with E-state index in [-0.39, 0.29) is 12.1 Å². The Morgan fingerprint density at radius 3 is 2.55 bits per heavy atom. The van der Waals surface area contributed by atoms with Gasteiger partial charge in [0.1, 0.15) is 17.2 Å². The van der Waals surface area contributed by atoms with Crippen molar-refractivity contribution in [3.63, 3.8) is 0 Å². The highest BCUT2D eigenvalue weighted by Crippen LogP contribution is 2.24. The van der Waals surface area contributed by atoms with E-state index < -0.39 is 29.1 Å². The molecule has 3 nitrogen and oxygen atoms in total. The number of hydrogen-bond acceptors (Lipinski definition) is 3. The predicted octanol–water partition coefficient (Wildman–Crippen LogP) is 3.15. The van der Waals surface area contributed by atoms with Gasteiger partial charge in [0, 0.05) is 5.56 Å². The number of hydrogen-bond donors (Lipinski definition) is 2. The first-order valence-corrected chi connectivity index (χ1v) is 7.74. The highest BCUT2D eigenvalue weighted by atomic mass is 32.1. The average molecular weight is 325 g/mol. The molecule has 0 saturated carbocycles. The van der Waals surface area contributed by atoms with E-state index in [0.717, 1.165) is 12.1 Å². The molecule has 0 spiro atoms. The summed E-state index contributed by atoms with van der Waals surface area (Å²) in [4.78, 5) is 12.1. The topological polar surface area (TPSA) is 49.3 Å². The second kappa shape index (κ2) is 6.54. The molecule has 2 unspecified atom stereocenters. The summed E-state index contributed by atoms with van der Waals surface area (Å²) in [6.07, 6.45) is 0. The third kappa shape index (κ3) is 3.51. The summed E-state index contributed by atoms with van der Waals surface area (Å²) >= 11 is 1.44. The lowest BCUT2D eigenvalue weighted by Gasteiger charge is -2.24. The summed E-state index contributed by atoms with van der Waals surface area (Å²) in [5.74, 6) is -3.04. The molecular formula is C16H17F2NO2S. The Kier molecular flexibility index (Phi) is 4.93. The second-order valence-electron chi connectivity index (χ2n) is 5.36. The third-order valence-electron chi connectivity index (χ3n) is 3.58. The molecule has 1 heterocycles. The Morgan fingerprint density at radius 1 is 1.36 bits per heavy atom. The van der Waals surface area contributed by atoms with Gasteiger partial charge in [-0.2, -0.15) is 11.3 Å². The fourth-order valence-electron chi connectivity index (χ4n) is 2.14. The maximum atomic E-state index is 13.7. The van der Waals surface area contributed by atoms with Gasteiger partial charge in [0.05, 0.1) is 12.5 Å². The predicted molar refractivity (Wildman–Crippen MR) is 81.7 cm³/mol. The van der Waals surface area contributed by atoms with Crippen LogP contribution in [0.25, 0.3) is 0 Å². The molecule has 6 heteroatoms. The number of thiophene rings is 1. The minimum absolute atomic E-state index is 0.0387. The molecule has 2 rings (SSSR count). The normalized spacial score (nSPS) is 15.1. The van der Waals surface area contributed by atoms with Gasteiger partial charge >= 0.3 is 0 Å². The quantitative estimate of drug-likeness (QED) is 0.887. The summed E-state index contributed by atoms with van der Waals surface area (Å²) in [6.45, 7) is 2.96. The molecule has 118 valence electrons. The van der Waals surface area contributed by atoms with Gasteiger partial charge < -0.3 is 10.4 Å². The Balaban J connectivity index is 2.06. The number of amides is 1. The minimum Gasteiger partial charge on any atom is -0.384 e. The molecule has 0 aliphatic rings. The zero-order chi connectivity index (χ0) is 16.3. The van der Waals surface area contributed by atoms with Crippen molar-refractivity contribution in [3.05, 3.63) is 57.8 Å². The van der Waals surface area contributed by atoms with E-state index in [1.807, 2.05) is 5.38 Å². The van der Waals surface area contributed by atoms with Crippen LogP contribution in [0.3, 0.4) is 0 Å². The Hall–Kier alpha value is -1.79. The van der Waals surface area contributed by atoms with Crippen molar-refractivity contribution in [2.75, 3.05) is 6.54 Å². The van der Waals surface area contributed by atoms with Crippen molar-refractivity contribution in [2.45, 2.75) is 25.4 Å². The van der Waals surface area contributed by atoms with Crippen molar-refractivity contribution in [3.8, 4) is 0 Å². The molecule has 0 saturated heterocycles. The Labute approximate surface area is 131 Å². The van der Waals surface area contributed by atoms with E-state index in [1.165, 1.54) is 24.3 Å². The number of carbonyl (C=O) groups is 1. The summed E-state index contributed by atoms with van der Waals surface area (Å²) in [7, 11) is 0. The molecular weight excluding hydrogens is 308 g/mol. The van der Waals surface area contributed by atoms with Gasteiger partial charge in [-0.3, -0.25) is 4.79 Å². The Morgan fingerprint density at radius 2 is 2.00 bits per heavy atom. The zero-order valence-electron chi connectivity index (χ0n) is 12.3. The first-order valence-electron chi connectivity index (χ1n) is 6.79. The first-order chi connectivity index (χ1) is 10.3. The highest BCUT2D eigenvalue weighted by Gasteiger charge is 2.27. The highest BCUT2D eigenvalue weighted by molar-refractivity contribution is 7.08. The molecule has 0 radical (unpaired) electrons. The van der Waals surface area contributed by atoms with Crippen molar-refractivity contribution >= 4 is 17.2 Å².